The first-order chi connectivity index (χ1) is 8.85. The van der Waals surface area contributed by atoms with Gasteiger partial charge in [-0.25, -0.2) is 0 Å². The number of morpholine rings is 1. The van der Waals surface area contributed by atoms with Gasteiger partial charge in [-0.15, -0.1) is 0 Å². The number of ether oxygens (including phenoxy) is 2. The van der Waals surface area contributed by atoms with Crippen molar-refractivity contribution in [3.8, 4) is 0 Å². The second-order valence-corrected chi connectivity index (χ2v) is 4.79. The number of hydrogen-bond acceptors (Lipinski definition) is 5. The zero-order chi connectivity index (χ0) is 12.8. The van der Waals surface area contributed by atoms with Gasteiger partial charge >= 0.3 is 0 Å². The molecule has 0 bridgehead atoms. The molecule has 0 amide bonds. The average Bonchev–Trinajstić information content (AvgIpc) is 2.41. The molecule has 100 valence electrons. The molecule has 1 fully saturated rings. The van der Waals surface area contributed by atoms with Crippen LogP contribution < -0.4 is 9.62 Å². The van der Waals surface area contributed by atoms with Crippen LogP contribution in [0.5, 0.6) is 0 Å². The third-order valence-electron chi connectivity index (χ3n) is 2.95. The first-order valence-electron chi connectivity index (χ1n) is 6.08. The summed E-state index contributed by atoms with van der Waals surface area (Å²) in [6.07, 6.45) is 2.02. The zero-order valence-corrected chi connectivity index (χ0v) is 11.8. The summed E-state index contributed by atoms with van der Waals surface area (Å²) in [6.45, 7) is 4.14. The third kappa shape index (κ3) is 3.31. The molecule has 0 atom stereocenters. The van der Waals surface area contributed by atoms with Gasteiger partial charge in [0.05, 0.1) is 19.8 Å². The summed E-state index contributed by atoms with van der Waals surface area (Å²) in [5, 5.41) is 0. The lowest BCUT2D eigenvalue weighted by atomic mass is 10.1. The molecule has 1 aromatic rings. The first kappa shape index (κ1) is 13.5. The fraction of sp³-hybridized carbons (Fsp3) is 0.538. The van der Waals surface area contributed by atoms with Crippen LogP contribution in [-0.4, -0.2) is 39.7 Å². The third-order valence-corrected chi connectivity index (χ3v) is 3.39. The van der Waals surface area contributed by atoms with E-state index in [9.17, 15) is 0 Å². The monoisotopic (exact) mass is 268 g/mol. The van der Waals surface area contributed by atoms with Crippen LogP contribution in [0.1, 0.15) is 5.56 Å². The van der Waals surface area contributed by atoms with Crippen LogP contribution in [0.4, 0.5) is 11.4 Å². The number of rotatable bonds is 5. The van der Waals surface area contributed by atoms with Crippen LogP contribution in [0.3, 0.4) is 0 Å². The molecule has 4 nitrogen and oxygen atoms in total. The van der Waals surface area contributed by atoms with Gasteiger partial charge < -0.3 is 19.1 Å². The molecule has 0 radical (unpaired) electrons. The second kappa shape index (κ2) is 6.87. The van der Waals surface area contributed by atoms with E-state index in [1.165, 1.54) is 11.3 Å². The van der Waals surface area contributed by atoms with Gasteiger partial charge in [0.2, 0.25) is 0 Å². The Hall–Kier alpha value is -0.910. The predicted octanol–water partition coefficient (Wildman–Crippen LogP) is 2.36. The van der Waals surface area contributed by atoms with Gasteiger partial charge in [-0.05, 0) is 18.2 Å². The standard InChI is InChI=1S/C13H20N2O2S/c1-16-10-11-9-12(14-18-2)3-4-13(11)15-5-7-17-8-6-15/h3-4,9,14H,5-8,10H2,1-2H3. The SMILES string of the molecule is COCc1cc(NSC)ccc1N1CCOCC1. The Kier molecular flexibility index (Phi) is 5.16. The summed E-state index contributed by atoms with van der Waals surface area (Å²) < 4.78 is 13.9. The number of hydrogen-bond donors (Lipinski definition) is 1. The van der Waals surface area contributed by atoms with Gasteiger partial charge in [0.1, 0.15) is 0 Å². The van der Waals surface area contributed by atoms with Crippen molar-refractivity contribution in [1.29, 1.82) is 0 Å². The summed E-state index contributed by atoms with van der Waals surface area (Å²) in [6, 6.07) is 6.43. The molecule has 0 saturated carbocycles. The maximum atomic E-state index is 5.39. The summed E-state index contributed by atoms with van der Waals surface area (Å²) in [4.78, 5) is 2.36. The molecule has 1 saturated heterocycles. The number of methoxy groups -OCH3 is 1. The van der Waals surface area contributed by atoms with Gasteiger partial charge in [0, 0.05) is 43.4 Å². The number of benzene rings is 1. The Bertz CT molecular complexity index is 381. The summed E-state index contributed by atoms with van der Waals surface area (Å²) in [5.41, 5.74) is 3.59. The quantitative estimate of drug-likeness (QED) is 0.829. The highest BCUT2D eigenvalue weighted by Gasteiger charge is 2.15. The highest BCUT2D eigenvalue weighted by molar-refractivity contribution is 7.99. The van der Waals surface area contributed by atoms with Crippen molar-refractivity contribution < 1.29 is 9.47 Å². The first-order valence-corrected chi connectivity index (χ1v) is 7.31. The molecule has 1 aromatic carbocycles. The molecule has 2 rings (SSSR count). The lowest BCUT2D eigenvalue weighted by Crippen LogP contribution is -2.36. The van der Waals surface area contributed by atoms with Gasteiger partial charge in [0.15, 0.2) is 0 Å². The van der Waals surface area contributed by atoms with E-state index >= 15 is 0 Å². The Labute approximate surface area is 113 Å². The molecule has 1 aliphatic rings. The molecular formula is C13H20N2O2S. The van der Waals surface area contributed by atoms with Crippen molar-refractivity contribution in [3.05, 3.63) is 23.8 Å². The topological polar surface area (TPSA) is 33.7 Å². The van der Waals surface area contributed by atoms with E-state index in [0.717, 1.165) is 32.0 Å². The van der Waals surface area contributed by atoms with E-state index in [4.69, 9.17) is 9.47 Å². The predicted molar refractivity (Wildman–Crippen MR) is 77.3 cm³/mol. The minimum absolute atomic E-state index is 0.636. The van der Waals surface area contributed by atoms with Crippen molar-refractivity contribution in [2.75, 3.05) is 49.3 Å². The fourth-order valence-corrected chi connectivity index (χ4v) is 2.51. The van der Waals surface area contributed by atoms with Crippen LogP contribution in [0, 0.1) is 0 Å². The molecular weight excluding hydrogens is 248 g/mol. The lowest BCUT2D eigenvalue weighted by molar-refractivity contribution is 0.122. The smallest absolute Gasteiger partial charge is 0.0734 e. The minimum Gasteiger partial charge on any atom is -0.380 e. The molecule has 0 unspecified atom stereocenters. The van der Waals surface area contributed by atoms with Crippen LogP contribution in [0.2, 0.25) is 0 Å². The number of anilines is 2. The van der Waals surface area contributed by atoms with Crippen molar-refractivity contribution in [1.82, 2.24) is 0 Å². The molecule has 1 heterocycles. The van der Waals surface area contributed by atoms with E-state index in [1.807, 2.05) is 6.26 Å². The van der Waals surface area contributed by atoms with Gasteiger partial charge in [0.25, 0.3) is 0 Å². The van der Waals surface area contributed by atoms with Crippen LogP contribution in [-0.2, 0) is 16.1 Å². The largest absolute Gasteiger partial charge is 0.380 e. The van der Waals surface area contributed by atoms with Crippen LogP contribution >= 0.6 is 11.9 Å². The van der Waals surface area contributed by atoms with Crippen molar-refractivity contribution in [3.63, 3.8) is 0 Å². The maximum absolute atomic E-state index is 5.39. The molecule has 1 aliphatic heterocycles. The fourth-order valence-electron chi connectivity index (χ4n) is 2.15. The zero-order valence-electron chi connectivity index (χ0n) is 10.9. The Morgan fingerprint density at radius 3 is 2.83 bits per heavy atom. The molecule has 0 aromatic heterocycles. The normalized spacial score (nSPS) is 15.8. The molecule has 1 N–H and O–H groups in total. The van der Waals surface area contributed by atoms with E-state index in [2.05, 4.69) is 27.8 Å². The molecule has 18 heavy (non-hydrogen) atoms. The molecule has 0 aliphatic carbocycles. The highest BCUT2D eigenvalue weighted by Crippen LogP contribution is 2.26. The second-order valence-electron chi connectivity index (χ2n) is 4.18. The van der Waals surface area contributed by atoms with Crippen molar-refractivity contribution in [2.24, 2.45) is 0 Å². The molecule has 5 heteroatoms. The number of nitrogens with zero attached hydrogens (tertiary/aromatic N) is 1. The van der Waals surface area contributed by atoms with Crippen molar-refractivity contribution >= 4 is 23.3 Å². The van der Waals surface area contributed by atoms with Gasteiger partial charge in [-0.3, -0.25) is 0 Å². The minimum atomic E-state index is 0.636. The average molecular weight is 268 g/mol. The Morgan fingerprint density at radius 2 is 2.17 bits per heavy atom. The van der Waals surface area contributed by atoms with Crippen molar-refractivity contribution in [2.45, 2.75) is 6.61 Å². The number of nitrogens with one attached hydrogen (secondary N) is 1. The highest BCUT2D eigenvalue weighted by atomic mass is 32.2. The molecule has 0 spiro atoms. The Morgan fingerprint density at radius 1 is 1.39 bits per heavy atom. The maximum Gasteiger partial charge on any atom is 0.0734 e. The summed E-state index contributed by atoms with van der Waals surface area (Å²) >= 11 is 1.60. The van der Waals surface area contributed by atoms with Gasteiger partial charge in [-0.2, -0.15) is 0 Å². The van der Waals surface area contributed by atoms with Crippen LogP contribution in [0.15, 0.2) is 18.2 Å². The van der Waals surface area contributed by atoms with E-state index in [1.54, 1.807) is 19.1 Å². The Balaban J connectivity index is 2.21. The van der Waals surface area contributed by atoms with E-state index < -0.39 is 0 Å². The lowest BCUT2D eigenvalue weighted by Gasteiger charge is -2.30. The van der Waals surface area contributed by atoms with E-state index in [0.29, 0.717) is 6.61 Å². The summed E-state index contributed by atoms with van der Waals surface area (Å²) in [7, 11) is 1.73. The van der Waals surface area contributed by atoms with Crippen LogP contribution in [0.25, 0.3) is 0 Å². The van der Waals surface area contributed by atoms with E-state index in [-0.39, 0.29) is 0 Å². The van der Waals surface area contributed by atoms with Gasteiger partial charge in [-0.1, -0.05) is 11.9 Å². The summed E-state index contributed by atoms with van der Waals surface area (Å²) in [5.74, 6) is 0.